The Kier molecular flexibility index (Phi) is 1.49. The number of fused-ring (bicyclic) bond motifs is 1. The minimum absolute atomic E-state index is 1.02. The zero-order valence-corrected chi connectivity index (χ0v) is 7.37. The zero-order valence-electron chi connectivity index (χ0n) is 4.97. The van der Waals surface area contributed by atoms with Crippen LogP contribution >= 0.6 is 27.7 Å². The Balaban J connectivity index is 2.59. The van der Waals surface area contributed by atoms with Gasteiger partial charge in [-0.3, -0.25) is 0 Å². The van der Waals surface area contributed by atoms with Crippen molar-refractivity contribution in [2.24, 2.45) is 4.99 Å². The first-order valence-corrected chi connectivity index (χ1v) is 4.39. The molecule has 3 heteroatoms. The molecular formula is C7H3BrNS+. The topological polar surface area (TPSA) is 12.4 Å². The second kappa shape index (κ2) is 2.35. The number of halogens is 1. The molecule has 1 aliphatic heterocycles. The molecule has 0 saturated heterocycles. The fourth-order valence-corrected chi connectivity index (χ4v) is 1.94. The minimum atomic E-state index is 1.02. The number of benzene rings is 1. The number of hydrogen-bond donors (Lipinski definition) is 0. The van der Waals surface area contributed by atoms with Crippen LogP contribution in [0.5, 0.6) is 0 Å². The van der Waals surface area contributed by atoms with Crippen LogP contribution in [-0.2, 0) is 0 Å². The third-order valence-corrected chi connectivity index (χ3v) is 2.47. The van der Waals surface area contributed by atoms with Gasteiger partial charge in [0, 0.05) is 9.47 Å². The largest absolute Gasteiger partial charge is 0.272 e. The monoisotopic (exact) mass is 212 g/mol. The summed E-state index contributed by atoms with van der Waals surface area (Å²) in [6.45, 7) is 0. The third kappa shape index (κ3) is 0.966. The number of nitrogens with zero attached hydrogens (tertiary/aromatic N) is 1. The van der Waals surface area contributed by atoms with Gasteiger partial charge in [-0.05, 0) is 12.1 Å². The van der Waals surface area contributed by atoms with Crippen molar-refractivity contribution in [3.05, 3.63) is 22.7 Å². The lowest BCUT2D eigenvalue weighted by Crippen LogP contribution is -1.66. The molecule has 0 bridgehead atoms. The van der Waals surface area contributed by atoms with Crippen molar-refractivity contribution in [1.29, 1.82) is 0 Å². The average molecular weight is 213 g/mol. The Bertz CT molecular complexity index is 296. The molecule has 0 fully saturated rings. The Morgan fingerprint density at radius 1 is 1.50 bits per heavy atom. The predicted octanol–water partition coefficient (Wildman–Crippen LogP) is 3.09. The first-order valence-electron chi connectivity index (χ1n) is 2.78. The molecule has 0 unspecified atom stereocenters. The molecule has 1 aromatic carbocycles. The van der Waals surface area contributed by atoms with E-state index >= 15 is 0 Å². The SMILES string of the molecule is Brc1ccc2c(c1)S[C+]=N2. The number of hydrogen-bond acceptors (Lipinski definition) is 2. The van der Waals surface area contributed by atoms with Gasteiger partial charge in [-0.25, -0.2) is 0 Å². The third-order valence-electron chi connectivity index (χ3n) is 1.24. The van der Waals surface area contributed by atoms with Crippen LogP contribution in [0.4, 0.5) is 5.69 Å². The van der Waals surface area contributed by atoms with Crippen molar-refractivity contribution in [3.8, 4) is 0 Å². The van der Waals surface area contributed by atoms with Gasteiger partial charge in [0.2, 0.25) is 5.69 Å². The maximum Gasteiger partial charge on any atom is 0.272 e. The summed E-state index contributed by atoms with van der Waals surface area (Å²) >= 11 is 4.92. The van der Waals surface area contributed by atoms with E-state index in [9.17, 15) is 0 Å². The van der Waals surface area contributed by atoms with Crippen molar-refractivity contribution >= 4 is 38.9 Å². The highest BCUT2D eigenvalue weighted by molar-refractivity contribution is 9.10. The Labute approximate surface area is 71.7 Å². The quantitative estimate of drug-likeness (QED) is 0.603. The summed E-state index contributed by atoms with van der Waals surface area (Å²) in [5, 5.41) is 0. The molecule has 10 heavy (non-hydrogen) atoms. The average Bonchev–Trinajstić information content (AvgIpc) is 2.33. The van der Waals surface area contributed by atoms with Crippen LogP contribution in [0.15, 0.2) is 32.6 Å². The van der Waals surface area contributed by atoms with Crippen molar-refractivity contribution in [1.82, 2.24) is 0 Å². The van der Waals surface area contributed by atoms with Crippen LogP contribution < -0.4 is 0 Å². The van der Waals surface area contributed by atoms with Crippen LogP contribution in [0, 0.1) is 0 Å². The molecule has 2 rings (SSSR count). The highest BCUT2D eigenvalue weighted by atomic mass is 79.9. The minimum Gasteiger partial charge on any atom is -0.0506 e. The number of thioether (sulfide) groups is 1. The van der Waals surface area contributed by atoms with Crippen molar-refractivity contribution in [2.75, 3.05) is 0 Å². The maximum atomic E-state index is 4.03. The van der Waals surface area contributed by atoms with E-state index in [1.807, 2.05) is 18.2 Å². The van der Waals surface area contributed by atoms with Crippen molar-refractivity contribution < 1.29 is 0 Å². The molecular weight excluding hydrogens is 210 g/mol. The molecule has 0 atom stereocenters. The van der Waals surface area contributed by atoms with Gasteiger partial charge in [-0.15, -0.1) is 0 Å². The van der Waals surface area contributed by atoms with E-state index in [2.05, 4.69) is 26.5 Å². The summed E-state index contributed by atoms with van der Waals surface area (Å²) in [6.07, 6.45) is 0. The lowest BCUT2D eigenvalue weighted by molar-refractivity contribution is 1.39. The zero-order chi connectivity index (χ0) is 6.97. The van der Waals surface area contributed by atoms with Gasteiger partial charge in [0.1, 0.15) is 11.8 Å². The van der Waals surface area contributed by atoms with Gasteiger partial charge in [0.05, 0.1) is 6.07 Å². The summed E-state index contributed by atoms with van der Waals surface area (Å²) in [5.74, 6) is 0. The second-order valence-corrected chi connectivity index (χ2v) is 3.66. The molecule has 0 N–H and O–H groups in total. The molecule has 0 saturated carbocycles. The number of rotatable bonds is 0. The van der Waals surface area contributed by atoms with E-state index in [1.165, 1.54) is 16.7 Å². The molecule has 48 valence electrons. The Hall–Kier alpha value is -0.370. The number of aliphatic imine (C=N–C) groups is 1. The molecule has 1 nitrogen and oxygen atoms in total. The normalized spacial score (nSPS) is 12.9. The van der Waals surface area contributed by atoms with E-state index in [0.717, 1.165) is 10.2 Å². The van der Waals surface area contributed by atoms with E-state index in [-0.39, 0.29) is 0 Å². The van der Waals surface area contributed by atoms with Crippen LogP contribution in [0.1, 0.15) is 0 Å². The van der Waals surface area contributed by atoms with E-state index in [0.29, 0.717) is 0 Å². The first kappa shape index (κ1) is 6.35. The Morgan fingerprint density at radius 3 is 3.30 bits per heavy atom. The van der Waals surface area contributed by atoms with Crippen molar-refractivity contribution in [2.45, 2.75) is 4.90 Å². The summed E-state index contributed by atoms with van der Waals surface area (Å²) in [4.78, 5) is 5.21. The lowest BCUT2D eigenvalue weighted by Gasteiger charge is -1.85. The van der Waals surface area contributed by atoms with Gasteiger partial charge >= 0.3 is 0 Å². The standard InChI is InChI=1S/C7H3BrNS/c8-5-1-2-6-7(3-5)10-4-9-6/h1-3H/q+1. The molecule has 0 spiro atoms. The fourth-order valence-electron chi connectivity index (χ4n) is 0.783. The van der Waals surface area contributed by atoms with Crippen LogP contribution in [0.2, 0.25) is 0 Å². The van der Waals surface area contributed by atoms with Crippen LogP contribution in [0.3, 0.4) is 0 Å². The van der Waals surface area contributed by atoms with Gasteiger partial charge in [0.25, 0.3) is 5.55 Å². The molecule has 1 aliphatic rings. The summed E-state index contributed by atoms with van der Waals surface area (Å²) < 4.78 is 1.10. The second-order valence-electron chi connectivity index (χ2n) is 1.92. The molecule has 1 heterocycles. The van der Waals surface area contributed by atoms with E-state index in [1.54, 1.807) is 0 Å². The Morgan fingerprint density at radius 2 is 2.40 bits per heavy atom. The van der Waals surface area contributed by atoms with E-state index in [4.69, 9.17) is 0 Å². The highest BCUT2D eigenvalue weighted by Gasteiger charge is 2.19. The molecule has 1 aromatic rings. The van der Waals surface area contributed by atoms with Gasteiger partial charge in [-0.2, -0.15) is 0 Å². The summed E-state index contributed by atoms with van der Waals surface area (Å²) in [6, 6.07) is 6.01. The molecule has 0 radical (unpaired) electrons. The summed E-state index contributed by atoms with van der Waals surface area (Å²) in [7, 11) is 0. The van der Waals surface area contributed by atoms with Crippen LogP contribution in [-0.4, -0.2) is 5.55 Å². The summed E-state index contributed by atoms with van der Waals surface area (Å²) in [5.41, 5.74) is 3.86. The van der Waals surface area contributed by atoms with Gasteiger partial charge < -0.3 is 0 Å². The smallest absolute Gasteiger partial charge is 0.0506 e. The molecule has 0 aliphatic carbocycles. The van der Waals surface area contributed by atoms with Gasteiger partial charge in [0.15, 0.2) is 4.90 Å². The van der Waals surface area contributed by atoms with Crippen LogP contribution in [0.25, 0.3) is 0 Å². The van der Waals surface area contributed by atoms with Gasteiger partial charge in [-0.1, -0.05) is 15.9 Å². The molecule has 0 amide bonds. The lowest BCUT2D eigenvalue weighted by atomic mass is 10.3. The molecule has 0 aromatic heterocycles. The first-order chi connectivity index (χ1) is 4.86. The highest BCUT2D eigenvalue weighted by Crippen LogP contribution is 2.35. The fraction of sp³-hybridized carbons (Fsp3) is 0. The van der Waals surface area contributed by atoms with E-state index < -0.39 is 0 Å². The maximum absolute atomic E-state index is 4.03. The van der Waals surface area contributed by atoms with Crippen molar-refractivity contribution in [3.63, 3.8) is 0 Å². The predicted molar refractivity (Wildman–Crippen MR) is 47.1 cm³/mol.